The maximum absolute atomic E-state index is 13.5. The molecule has 0 unspecified atom stereocenters. The molecule has 0 aliphatic carbocycles. The molecule has 4 rings (SSSR count). The number of fused-ring (bicyclic) bond motifs is 1. The van der Waals surface area contributed by atoms with Crippen LogP contribution in [-0.2, 0) is 5.60 Å². The quantitative estimate of drug-likeness (QED) is 0.419. The van der Waals surface area contributed by atoms with Crippen LogP contribution in [0.3, 0.4) is 0 Å². The van der Waals surface area contributed by atoms with Crippen molar-refractivity contribution in [2.24, 2.45) is 0 Å². The minimum Gasteiger partial charge on any atom is -0.386 e. The Hall–Kier alpha value is -3.37. The average molecular weight is 401 g/mol. The Labute approximate surface area is 174 Å². The summed E-state index contributed by atoms with van der Waals surface area (Å²) in [5.41, 5.74) is 4.05. The van der Waals surface area contributed by atoms with Crippen LogP contribution in [0, 0.1) is 11.6 Å². The third-order valence-corrected chi connectivity index (χ3v) is 4.99. The molecule has 0 aliphatic rings. The number of halogens is 2. The summed E-state index contributed by atoms with van der Waals surface area (Å²) < 4.78 is 26.8. The minimum absolute atomic E-state index is 0.410. The zero-order valence-electron chi connectivity index (χ0n) is 16.7. The molecule has 0 amide bonds. The summed E-state index contributed by atoms with van der Waals surface area (Å²) in [5.74, 6) is -1.78. The highest BCUT2D eigenvalue weighted by Gasteiger charge is 2.16. The van der Waals surface area contributed by atoms with Gasteiger partial charge in [0.05, 0.1) is 16.8 Å². The van der Waals surface area contributed by atoms with Crippen LogP contribution in [0.5, 0.6) is 0 Å². The van der Waals surface area contributed by atoms with Gasteiger partial charge in [0.2, 0.25) is 0 Å². The van der Waals surface area contributed by atoms with Crippen LogP contribution in [0.2, 0.25) is 0 Å². The Kier molecular flexibility index (Phi) is 5.18. The fourth-order valence-corrected chi connectivity index (χ4v) is 3.31. The van der Waals surface area contributed by atoms with Gasteiger partial charge < -0.3 is 5.11 Å². The van der Waals surface area contributed by atoms with Crippen molar-refractivity contribution in [2.45, 2.75) is 19.4 Å². The van der Waals surface area contributed by atoms with Crippen LogP contribution in [0.4, 0.5) is 8.78 Å². The maximum atomic E-state index is 13.5. The van der Waals surface area contributed by atoms with Gasteiger partial charge in [0.15, 0.2) is 11.6 Å². The van der Waals surface area contributed by atoms with Crippen LogP contribution in [-0.4, -0.2) is 10.1 Å². The van der Waals surface area contributed by atoms with Crippen molar-refractivity contribution in [1.82, 2.24) is 4.98 Å². The summed E-state index contributed by atoms with van der Waals surface area (Å²) in [6.45, 7) is 3.53. The van der Waals surface area contributed by atoms with Gasteiger partial charge in [-0.1, -0.05) is 48.5 Å². The van der Waals surface area contributed by atoms with E-state index in [1.807, 2.05) is 54.6 Å². The average Bonchev–Trinajstić information content (AvgIpc) is 2.73. The van der Waals surface area contributed by atoms with Crippen LogP contribution >= 0.6 is 0 Å². The van der Waals surface area contributed by atoms with Gasteiger partial charge in [-0.15, -0.1) is 0 Å². The van der Waals surface area contributed by atoms with Gasteiger partial charge in [0.25, 0.3) is 0 Å². The van der Waals surface area contributed by atoms with E-state index in [9.17, 15) is 13.9 Å². The highest BCUT2D eigenvalue weighted by Crippen LogP contribution is 2.27. The monoisotopic (exact) mass is 401 g/mol. The highest BCUT2D eigenvalue weighted by molar-refractivity contribution is 5.81. The summed E-state index contributed by atoms with van der Waals surface area (Å²) in [7, 11) is 0. The van der Waals surface area contributed by atoms with Crippen LogP contribution < -0.4 is 0 Å². The smallest absolute Gasteiger partial charge is 0.161 e. The largest absolute Gasteiger partial charge is 0.386 e. The van der Waals surface area contributed by atoms with Gasteiger partial charge in [0, 0.05) is 11.5 Å². The number of aromatic nitrogens is 1. The van der Waals surface area contributed by atoms with E-state index in [1.54, 1.807) is 26.0 Å². The molecule has 2 nitrogen and oxygen atoms in total. The number of aliphatic hydroxyl groups is 1. The van der Waals surface area contributed by atoms with Crippen molar-refractivity contribution in [1.29, 1.82) is 0 Å². The van der Waals surface area contributed by atoms with Gasteiger partial charge in [-0.25, -0.2) is 13.8 Å². The molecule has 0 saturated heterocycles. The first-order chi connectivity index (χ1) is 14.3. The van der Waals surface area contributed by atoms with E-state index in [4.69, 9.17) is 0 Å². The molecule has 1 heterocycles. The molecule has 150 valence electrons. The molecular formula is C26H21F2NO. The van der Waals surface area contributed by atoms with Crippen molar-refractivity contribution in [3.63, 3.8) is 0 Å². The van der Waals surface area contributed by atoms with E-state index in [0.717, 1.165) is 34.4 Å². The Balaban J connectivity index is 1.63. The van der Waals surface area contributed by atoms with E-state index in [0.29, 0.717) is 16.6 Å². The fourth-order valence-electron chi connectivity index (χ4n) is 3.31. The van der Waals surface area contributed by atoms with Crippen molar-refractivity contribution in [3.05, 3.63) is 101 Å². The third kappa shape index (κ3) is 4.29. The maximum Gasteiger partial charge on any atom is 0.161 e. The molecular weight excluding hydrogens is 380 g/mol. The fraction of sp³-hybridized carbons (Fsp3) is 0.115. The molecule has 0 bridgehead atoms. The second kappa shape index (κ2) is 7.81. The number of benzene rings is 3. The van der Waals surface area contributed by atoms with E-state index >= 15 is 0 Å². The number of rotatable bonds is 4. The van der Waals surface area contributed by atoms with Gasteiger partial charge >= 0.3 is 0 Å². The second-order valence-corrected chi connectivity index (χ2v) is 7.79. The predicted octanol–water partition coefficient (Wildman–Crippen LogP) is 6.58. The Morgan fingerprint density at radius 2 is 1.50 bits per heavy atom. The summed E-state index contributed by atoms with van der Waals surface area (Å²) in [6, 6.07) is 21.6. The summed E-state index contributed by atoms with van der Waals surface area (Å²) in [6.07, 6.45) is 3.77. The van der Waals surface area contributed by atoms with Gasteiger partial charge in [-0.3, -0.25) is 0 Å². The Bertz CT molecular complexity index is 1260. The van der Waals surface area contributed by atoms with Crippen molar-refractivity contribution < 1.29 is 13.9 Å². The molecule has 4 heteroatoms. The van der Waals surface area contributed by atoms with E-state index in [-0.39, 0.29) is 0 Å². The topological polar surface area (TPSA) is 33.1 Å². The second-order valence-electron chi connectivity index (χ2n) is 7.79. The van der Waals surface area contributed by atoms with Crippen molar-refractivity contribution >= 4 is 23.1 Å². The van der Waals surface area contributed by atoms with E-state index in [2.05, 4.69) is 11.1 Å². The molecule has 0 atom stereocenters. The lowest BCUT2D eigenvalue weighted by atomic mass is 9.94. The number of hydrogen-bond acceptors (Lipinski definition) is 2. The summed E-state index contributed by atoms with van der Waals surface area (Å²) >= 11 is 0. The molecule has 1 aromatic heterocycles. The Morgan fingerprint density at radius 1 is 0.800 bits per heavy atom. The predicted molar refractivity (Wildman–Crippen MR) is 118 cm³/mol. The summed E-state index contributed by atoms with van der Waals surface area (Å²) in [4.78, 5) is 4.39. The first-order valence-electron chi connectivity index (χ1n) is 9.67. The number of hydrogen-bond donors (Lipinski definition) is 1. The third-order valence-electron chi connectivity index (χ3n) is 4.99. The first kappa shape index (κ1) is 19.9. The molecule has 1 N–H and O–H groups in total. The SMILES string of the molecule is CC(C)(O)c1cccc(-c2cccc(C=Cc3ccc4cc(F)c(F)cc4n3)c2)c1. The molecule has 0 aliphatic heterocycles. The molecule has 0 fully saturated rings. The highest BCUT2D eigenvalue weighted by atomic mass is 19.2. The molecule has 3 aromatic carbocycles. The summed E-state index contributed by atoms with van der Waals surface area (Å²) in [5, 5.41) is 10.8. The van der Waals surface area contributed by atoms with Crippen LogP contribution in [0.25, 0.3) is 34.2 Å². The van der Waals surface area contributed by atoms with E-state index in [1.165, 1.54) is 0 Å². The van der Waals surface area contributed by atoms with Gasteiger partial charge in [-0.05, 0) is 66.4 Å². The standard InChI is InChI=1S/C26H21F2NO/c1-26(2,30)21-8-4-7-19(14-21)18-6-3-5-17(13-18)9-11-22-12-10-20-15-23(27)24(28)16-25(20)29-22/h3-16,30H,1-2H3. The van der Waals surface area contributed by atoms with Gasteiger partial charge in [-0.2, -0.15) is 0 Å². The zero-order valence-corrected chi connectivity index (χ0v) is 16.7. The number of pyridine rings is 1. The van der Waals surface area contributed by atoms with Crippen molar-refractivity contribution in [3.8, 4) is 11.1 Å². The van der Waals surface area contributed by atoms with Gasteiger partial charge in [0.1, 0.15) is 0 Å². The lowest BCUT2D eigenvalue weighted by Gasteiger charge is -2.18. The number of nitrogens with zero attached hydrogens (tertiary/aromatic N) is 1. The first-order valence-corrected chi connectivity index (χ1v) is 9.67. The molecule has 4 aromatic rings. The Morgan fingerprint density at radius 3 is 2.27 bits per heavy atom. The minimum atomic E-state index is -0.905. The molecule has 0 radical (unpaired) electrons. The van der Waals surface area contributed by atoms with Crippen molar-refractivity contribution in [2.75, 3.05) is 0 Å². The molecule has 0 saturated carbocycles. The molecule has 30 heavy (non-hydrogen) atoms. The zero-order chi connectivity index (χ0) is 21.3. The van der Waals surface area contributed by atoms with E-state index < -0.39 is 17.2 Å². The lowest BCUT2D eigenvalue weighted by Crippen LogP contribution is -2.15. The molecule has 0 spiro atoms. The lowest BCUT2D eigenvalue weighted by molar-refractivity contribution is 0.0786. The van der Waals surface area contributed by atoms with Crippen LogP contribution in [0.15, 0.2) is 72.8 Å². The normalized spacial score (nSPS) is 12.0. The van der Waals surface area contributed by atoms with Crippen LogP contribution in [0.1, 0.15) is 30.7 Å².